The standard InChI is InChI=1S/C22H25F3N2O4S/c1-31-21(28)27-12-6-11-19(26-32(2,29)30)20(27)14-15-7-5-8-16(13-15)17-9-3-4-10-18(17)22(23,24)25/h3-5,7-10,13,19-20,26H,6,11-12,14H2,1-2H3/t19-,20-/m0/s1. The molecule has 1 amide bonds. The fraction of sp³-hybridized carbons (Fsp3) is 0.409. The third-order valence-electron chi connectivity index (χ3n) is 5.47. The molecule has 0 aliphatic carbocycles. The zero-order chi connectivity index (χ0) is 23.5. The van der Waals surface area contributed by atoms with E-state index in [1.807, 2.05) is 0 Å². The molecule has 0 bridgehead atoms. The number of likely N-dealkylation sites (tertiary alicyclic amines) is 1. The van der Waals surface area contributed by atoms with E-state index in [2.05, 4.69) is 4.72 Å². The quantitative estimate of drug-likeness (QED) is 0.715. The minimum absolute atomic E-state index is 0.0566. The highest BCUT2D eigenvalue weighted by molar-refractivity contribution is 7.88. The number of carbonyl (C=O) groups excluding carboxylic acids is 1. The number of ether oxygens (including phenoxy) is 1. The molecule has 6 nitrogen and oxygen atoms in total. The maximum atomic E-state index is 13.5. The van der Waals surface area contributed by atoms with Crippen LogP contribution in [0, 0.1) is 0 Å². The second kappa shape index (κ2) is 9.50. The van der Waals surface area contributed by atoms with Crippen LogP contribution in [0.2, 0.25) is 0 Å². The zero-order valence-electron chi connectivity index (χ0n) is 17.7. The number of hydrogen-bond donors (Lipinski definition) is 1. The Kier molecular flexibility index (Phi) is 7.14. The highest BCUT2D eigenvalue weighted by Crippen LogP contribution is 2.37. The molecule has 0 aromatic heterocycles. The molecule has 1 heterocycles. The van der Waals surface area contributed by atoms with Gasteiger partial charge in [0, 0.05) is 12.6 Å². The van der Waals surface area contributed by atoms with Gasteiger partial charge in [0.2, 0.25) is 10.0 Å². The molecule has 1 aliphatic heterocycles. The summed E-state index contributed by atoms with van der Waals surface area (Å²) in [5.74, 6) is 0. The van der Waals surface area contributed by atoms with Gasteiger partial charge in [-0.25, -0.2) is 17.9 Å². The molecule has 1 N–H and O–H groups in total. The van der Waals surface area contributed by atoms with E-state index in [0.29, 0.717) is 30.5 Å². The van der Waals surface area contributed by atoms with Crippen molar-refractivity contribution in [1.29, 1.82) is 0 Å². The van der Waals surface area contributed by atoms with E-state index in [1.165, 1.54) is 24.1 Å². The molecule has 32 heavy (non-hydrogen) atoms. The van der Waals surface area contributed by atoms with Gasteiger partial charge in [-0.1, -0.05) is 42.5 Å². The van der Waals surface area contributed by atoms with Gasteiger partial charge in [-0.2, -0.15) is 13.2 Å². The van der Waals surface area contributed by atoms with Crippen LogP contribution in [0.15, 0.2) is 48.5 Å². The van der Waals surface area contributed by atoms with Crippen molar-refractivity contribution in [3.63, 3.8) is 0 Å². The summed E-state index contributed by atoms with van der Waals surface area (Å²) >= 11 is 0. The maximum Gasteiger partial charge on any atom is 0.417 e. The Labute approximate surface area is 185 Å². The highest BCUT2D eigenvalue weighted by atomic mass is 32.2. The van der Waals surface area contributed by atoms with E-state index in [4.69, 9.17) is 4.74 Å². The van der Waals surface area contributed by atoms with Crippen molar-refractivity contribution in [2.75, 3.05) is 19.9 Å². The number of carbonyl (C=O) groups is 1. The number of methoxy groups -OCH3 is 1. The first-order chi connectivity index (χ1) is 15.0. The molecule has 174 valence electrons. The number of piperidine rings is 1. The van der Waals surface area contributed by atoms with Gasteiger partial charge in [-0.05, 0) is 42.0 Å². The Balaban J connectivity index is 1.96. The van der Waals surface area contributed by atoms with Crippen molar-refractivity contribution in [2.24, 2.45) is 0 Å². The Morgan fingerprint density at radius 2 is 1.91 bits per heavy atom. The second-order valence-electron chi connectivity index (χ2n) is 7.82. The van der Waals surface area contributed by atoms with Gasteiger partial charge in [-0.15, -0.1) is 0 Å². The molecule has 1 fully saturated rings. The number of sulfonamides is 1. The van der Waals surface area contributed by atoms with E-state index in [9.17, 15) is 26.4 Å². The molecule has 0 spiro atoms. The van der Waals surface area contributed by atoms with Gasteiger partial charge in [0.25, 0.3) is 0 Å². The van der Waals surface area contributed by atoms with Crippen molar-refractivity contribution in [3.05, 3.63) is 59.7 Å². The Bertz CT molecular complexity index is 1070. The smallest absolute Gasteiger partial charge is 0.417 e. The zero-order valence-corrected chi connectivity index (χ0v) is 18.5. The number of alkyl halides is 3. The van der Waals surface area contributed by atoms with Crippen LogP contribution in [-0.2, 0) is 27.4 Å². The summed E-state index contributed by atoms with van der Waals surface area (Å²) in [7, 11) is -2.28. The van der Waals surface area contributed by atoms with Crippen LogP contribution in [0.5, 0.6) is 0 Å². The molecule has 3 rings (SSSR count). The lowest BCUT2D eigenvalue weighted by atomic mass is 9.90. The SMILES string of the molecule is COC(=O)N1CCC[C@H](NS(C)(=O)=O)[C@@H]1Cc1cccc(-c2ccccc2C(F)(F)F)c1. The van der Waals surface area contributed by atoms with Crippen LogP contribution in [0.3, 0.4) is 0 Å². The number of halogens is 3. The number of nitrogens with one attached hydrogen (secondary N) is 1. The van der Waals surface area contributed by atoms with Gasteiger partial charge < -0.3 is 9.64 Å². The number of rotatable bonds is 5. The molecule has 0 radical (unpaired) electrons. The first-order valence-electron chi connectivity index (χ1n) is 10.1. The fourth-order valence-corrected chi connectivity index (χ4v) is 4.98. The van der Waals surface area contributed by atoms with Crippen LogP contribution in [-0.4, -0.2) is 51.4 Å². The first kappa shape index (κ1) is 24.1. The lowest BCUT2D eigenvalue weighted by molar-refractivity contribution is -0.137. The summed E-state index contributed by atoms with van der Waals surface area (Å²) in [6.45, 7) is 0.399. The van der Waals surface area contributed by atoms with Gasteiger partial charge >= 0.3 is 12.3 Å². The van der Waals surface area contributed by atoms with Gasteiger partial charge in [0.15, 0.2) is 0 Å². The number of nitrogens with zero attached hydrogens (tertiary/aromatic N) is 1. The van der Waals surface area contributed by atoms with Crippen LogP contribution in [0.1, 0.15) is 24.0 Å². The molecule has 2 aromatic rings. The summed E-state index contributed by atoms with van der Waals surface area (Å²) in [6.07, 6.45) is -2.64. The third-order valence-corrected chi connectivity index (χ3v) is 6.20. The average molecular weight is 471 g/mol. The Hall–Kier alpha value is -2.59. The molecular formula is C22H25F3N2O4S. The third kappa shape index (κ3) is 5.80. The molecule has 2 atom stereocenters. The van der Waals surface area contributed by atoms with E-state index in [-0.39, 0.29) is 12.0 Å². The van der Waals surface area contributed by atoms with E-state index >= 15 is 0 Å². The molecule has 2 aromatic carbocycles. The second-order valence-corrected chi connectivity index (χ2v) is 9.60. The molecule has 10 heteroatoms. The van der Waals surface area contributed by atoms with Crippen LogP contribution < -0.4 is 4.72 Å². The maximum absolute atomic E-state index is 13.5. The summed E-state index contributed by atoms with van der Waals surface area (Å²) in [5.41, 5.74) is 0.396. The minimum Gasteiger partial charge on any atom is -0.453 e. The highest BCUT2D eigenvalue weighted by Gasteiger charge is 2.37. The molecule has 0 unspecified atom stereocenters. The van der Waals surface area contributed by atoms with Crippen molar-refractivity contribution in [1.82, 2.24) is 9.62 Å². The van der Waals surface area contributed by atoms with E-state index in [1.54, 1.807) is 30.3 Å². The van der Waals surface area contributed by atoms with Gasteiger partial charge in [0.1, 0.15) is 0 Å². The largest absolute Gasteiger partial charge is 0.453 e. The number of hydrogen-bond acceptors (Lipinski definition) is 4. The van der Waals surface area contributed by atoms with Crippen LogP contribution in [0.4, 0.5) is 18.0 Å². The normalized spacial score (nSPS) is 19.6. The predicted molar refractivity (Wildman–Crippen MR) is 114 cm³/mol. The van der Waals surface area contributed by atoms with E-state index < -0.39 is 39.9 Å². The summed E-state index contributed by atoms with van der Waals surface area (Å²) in [4.78, 5) is 13.8. The van der Waals surface area contributed by atoms with Crippen molar-refractivity contribution in [2.45, 2.75) is 37.5 Å². The number of amides is 1. The summed E-state index contributed by atoms with van der Waals surface area (Å²) in [5, 5.41) is 0. The molecule has 1 aliphatic rings. The molecule has 1 saturated heterocycles. The van der Waals surface area contributed by atoms with Crippen LogP contribution in [0.25, 0.3) is 11.1 Å². The van der Waals surface area contributed by atoms with E-state index in [0.717, 1.165) is 12.3 Å². The molecular weight excluding hydrogens is 445 g/mol. The average Bonchev–Trinajstić information content (AvgIpc) is 2.73. The Morgan fingerprint density at radius 1 is 1.19 bits per heavy atom. The lowest BCUT2D eigenvalue weighted by Gasteiger charge is -2.40. The summed E-state index contributed by atoms with van der Waals surface area (Å²) in [6, 6.07) is 10.9. The van der Waals surface area contributed by atoms with Crippen molar-refractivity contribution >= 4 is 16.1 Å². The van der Waals surface area contributed by atoms with Crippen molar-refractivity contribution < 1.29 is 31.1 Å². The topological polar surface area (TPSA) is 75.7 Å². The Morgan fingerprint density at radius 3 is 2.56 bits per heavy atom. The van der Waals surface area contributed by atoms with Gasteiger partial charge in [0.05, 0.1) is 25.0 Å². The first-order valence-corrected chi connectivity index (χ1v) is 12.0. The minimum atomic E-state index is -4.50. The fourth-order valence-electron chi connectivity index (χ4n) is 4.16. The summed E-state index contributed by atoms with van der Waals surface area (Å²) < 4.78 is 71.6. The number of benzene rings is 2. The van der Waals surface area contributed by atoms with Crippen molar-refractivity contribution in [3.8, 4) is 11.1 Å². The van der Waals surface area contributed by atoms with Crippen LogP contribution >= 0.6 is 0 Å². The van der Waals surface area contributed by atoms with Gasteiger partial charge in [-0.3, -0.25) is 0 Å². The lowest BCUT2D eigenvalue weighted by Crippen LogP contribution is -2.57. The monoisotopic (exact) mass is 470 g/mol. The predicted octanol–water partition coefficient (Wildman–Crippen LogP) is 4.06. The molecule has 0 saturated carbocycles.